The van der Waals surface area contributed by atoms with Gasteiger partial charge in [-0.3, -0.25) is 5.10 Å². The van der Waals surface area contributed by atoms with Crippen molar-refractivity contribution in [3.8, 4) is 11.8 Å². The van der Waals surface area contributed by atoms with Crippen LogP contribution in [0.1, 0.15) is 25.1 Å². The molecule has 9 heteroatoms. The Morgan fingerprint density at radius 2 is 1.97 bits per heavy atom. The summed E-state index contributed by atoms with van der Waals surface area (Å²) in [5.41, 5.74) is 4.89. The van der Waals surface area contributed by atoms with Crippen molar-refractivity contribution in [2.24, 2.45) is 0 Å². The number of hydrogen-bond donors (Lipinski definition) is 3. The molecular weight excluding hydrogens is 404 g/mol. The van der Waals surface area contributed by atoms with Crippen LogP contribution in [0, 0.1) is 18.3 Å². The minimum absolute atomic E-state index is 0.385. The van der Waals surface area contributed by atoms with E-state index in [-0.39, 0.29) is 0 Å². The predicted molar refractivity (Wildman–Crippen MR) is 125 cm³/mol. The maximum Gasteiger partial charge on any atom is 0.180 e. The molecule has 0 aliphatic carbocycles. The van der Waals surface area contributed by atoms with E-state index in [1.54, 1.807) is 7.11 Å². The normalized spacial score (nSPS) is 18.8. The Kier molecular flexibility index (Phi) is 4.87. The molecule has 4 heterocycles. The molecule has 3 N–H and O–H groups in total. The number of aromatic amines is 1. The third kappa shape index (κ3) is 3.48. The Morgan fingerprint density at radius 1 is 1.19 bits per heavy atom. The lowest BCUT2D eigenvalue weighted by molar-refractivity contribution is 0.407. The summed E-state index contributed by atoms with van der Waals surface area (Å²) in [7, 11) is 1.63. The van der Waals surface area contributed by atoms with Gasteiger partial charge in [0, 0.05) is 49.3 Å². The number of H-pyrrole nitrogens is 1. The second-order valence-electron chi connectivity index (χ2n) is 8.51. The van der Waals surface area contributed by atoms with E-state index < -0.39 is 0 Å². The zero-order chi connectivity index (χ0) is 22.4. The summed E-state index contributed by atoms with van der Waals surface area (Å²) in [6, 6.07) is 9.04. The average Bonchev–Trinajstić information content (AvgIpc) is 3.34. The summed E-state index contributed by atoms with van der Waals surface area (Å²) in [5, 5.41) is 25.1. The Balaban J connectivity index is 1.53. The van der Waals surface area contributed by atoms with Crippen LogP contribution >= 0.6 is 0 Å². The molecule has 32 heavy (non-hydrogen) atoms. The standard InChI is InChI=1S/C23H26N8O/c1-13-9-30(10-14(2)25-13)18-5-16(8-24)21-19(7-18)28-29-22(21)27-17-6-20(32-4)23-26-15(3)11-31(23)12-17/h5-7,11-14,25H,9-10H2,1-4H3,(H2,27,28,29)/t13-,14-/m0/s1. The summed E-state index contributed by atoms with van der Waals surface area (Å²) in [6.45, 7) is 8.08. The molecule has 1 saturated heterocycles. The van der Waals surface area contributed by atoms with E-state index in [9.17, 15) is 5.26 Å². The number of methoxy groups -OCH3 is 1. The van der Waals surface area contributed by atoms with Gasteiger partial charge in [-0.05, 0) is 32.9 Å². The smallest absolute Gasteiger partial charge is 0.180 e. The molecule has 1 fully saturated rings. The second-order valence-corrected chi connectivity index (χ2v) is 8.51. The number of pyridine rings is 1. The van der Waals surface area contributed by atoms with Crippen molar-refractivity contribution in [2.75, 3.05) is 30.4 Å². The number of imidazole rings is 1. The van der Waals surface area contributed by atoms with Gasteiger partial charge in [0.25, 0.3) is 0 Å². The van der Waals surface area contributed by atoms with E-state index in [2.05, 4.69) is 56.7 Å². The molecule has 0 amide bonds. The molecule has 1 aromatic carbocycles. The first-order chi connectivity index (χ1) is 15.4. The maximum absolute atomic E-state index is 9.91. The van der Waals surface area contributed by atoms with E-state index in [1.807, 2.05) is 35.9 Å². The largest absolute Gasteiger partial charge is 0.493 e. The highest BCUT2D eigenvalue weighted by Gasteiger charge is 2.23. The van der Waals surface area contributed by atoms with Crippen molar-refractivity contribution in [3.63, 3.8) is 0 Å². The van der Waals surface area contributed by atoms with E-state index in [4.69, 9.17) is 4.74 Å². The molecule has 164 valence electrons. The van der Waals surface area contributed by atoms with E-state index in [1.165, 1.54) is 0 Å². The van der Waals surface area contributed by atoms with Crippen LogP contribution in [0.4, 0.5) is 17.2 Å². The molecule has 1 aliphatic heterocycles. The van der Waals surface area contributed by atoms with Crippen molar-refractivity contribution in [2.45, 2.75) is 32.9 Å². The van der Waals surface area contributed by atoms with Crippen molar-refractivity contribution >= 4 is 33.7 Å². The molecular formula is C23H26N8O. The number of fused-ring (bicyclic) bond motifs is 2. The zero-order valence-corrected chi connectivity index (χ0v) is 18.6. The molecule has 5 rings (SSSR count). The predicted octanol–water partition coefficient (Wildman–Crippen LogP) is 3.33. The van der Waals surface area contributed by atoms with Crippen LogP contribution in [0.15, 0.2) is 30.6 Å². The molecule has 0 saturated carbocycles. The third-order valence-electron chi connectivity index (χ3n) is 5.81. The molecule has 3 aromatic heterocycles. The number of piperazine rings is 1. The highest BCUT2D eigenvalue weighted by molar-refractivity contribution is 5.98. The molecule has 0 spiro atoms. The van der Waals surface area contributed by atoms with Gasteiger partial charge >= 0.3 is 0 Å². The lowest BCUT2D eigenvalue weighted by Gasteiger charge is -2.37. The Morgan fingerprint density at radius 3 is 2.69 bits per heavy atom. The van der Waals surface area contributed by atoms with Crippen LogP contribution < -0.4 is 20.3 Å². The molecule has 4 aromatic rings. The number of anilines is 3. The third-order valence-corrected chi connectivity index (χ3v) is 5.81. The van der Waals surface area contributed by atoms with E-state index >= 15 is 0 Å². The number of nitrogens with zero attached hydrogens (tertiary/aromatic N) is 5. The Labute approximate surface area is 186 Å². The number of aryl methyl sites for hydroxylation is 1. The van der Waals surface area contributed by atoms with Crippen LogP contribution in [-0.4, -0.2) is 51.9 Å². The first kappa shape index (κ1) is 20.2. The highest BCUT2D eigenvalue weighted by atomic mass is 16.5. The first-order valence-electron chi connectivity index (χ1n) is 10.7. The van der Waals surface area contributed by atoms with Gasteiger partial charge in [-0.25, -0.2) is 4.98 Å². The average molecular weight is 431 g/mol. The van der Waals surface area contributed by atoms with Crippen molar-refractivity contribution in [3.05, 3.63) is 41.9 Å². The van der Waals surface area contributed by atoms with Crippen LogP contribution in [0.3, 0.4) is 0 Å². The lowest BCUT2D eigenvalue weighted by atomic mass is 10.1. The zero-order valence-electron chi connectivity index (χ0n) is 18.6. The fourth-order valence-corrected chi connectivity index (χ4v) is 4.59. The lowest BCUT2D eigenvalue weighted by Crippen LogP contribution is -2.54. The highest BCUT2D eigenvalue weighted by Crippen LogP contribution is 2.33. The van der Waals surface area contributed by atoms with Gasteiger partial charge in [0.05, 0.1) is 35.0 Å². The van der Waals surface area contributed by atoms with Crippen molar-refractivity contribution in [1.29, 1.82) is 5.26 Å². The summed E-state index contributed by atoms with van der Waals surface area (Å²) < 4.78 is 7.44. The molecule has 0 unspecified atom stereocenters. The van der Waals surface area contributed by atoms with E-state index in [0.29, 0.717) is 29.2 Å². The maximum atomic E-state index is 9.91. The minimum atomic E-state index is 0.385. The number of benzene rings is 1. The first-order valence-corrected chi connectivity index (χ1v) is 10.7. The summed E-state index contributed by atoms with van der Waals surface area (Å²) in [6.07, 6.45) is 3.87. The van der Waals surface area contributed by atoms with Gasteiger partial charge < -0.3 is 24.7 Å². The SMILES string of the molecule is COc1cc(Nc2n[nH]c3cc(N4C[C@H](C)N[C@@H](C)C4)cc(C#N)c23)cn2cc(C)nc12. The molecule has 9 nitrogen and oxygen atoms in total. The number of nitrogens with one attached hydrogen (secondary N) is 3. The Bertz CT molecular complexity index is 1340. The van der Waals surface area contributed by atoms with Crippen molar-refractivity contribution < 1.29 is 4.74 Å². The molecule has 1 aliphatic rings. The van der Waals surface area contributed by atoms with Crippen LogP contribution in [0.2, 0.25) is 0 Å². The van der Waals surface area contributed by atoms with Gasteiger partial charge in [-0.1, -0.05) is 0 Å². The summed E-state index contributed by atoms with van der Waals surface area (Å²) >= 11 is 0. The fourth-order valence-electron chi connectivity index (χ4n) is 4.59. The van der Waals surface area contributed by atoms with Gasteiger partial charge in [0.2, 0.25) is 0 Å². The quantitative estimate of drug-likeness (QED) is 0.456. The number of ether oxygens (including phenoxy) is 1. The number of nitriles is 1. The summed E-state index contributed by atoms with van der Waals surface area (Å²) in [4.78, 5) is 6.82. The number of aromatic nitrogens is 4. The van der Waals surface area contributed by atoms with Crippen molar-refractivity contribution in [1.82, 2.24) is 24.9 Å². The second kappa shape index (κ2) is 7.73. The van der Waals surface area contributed by atoms with Crippen LogP contribution in [-0.2, 0) is 0 Å². The van der Waals surface area contributed by atoms with E-state index in [0.717, 1.165) is 46.7 Å². The van der Waals surface area contributed by atoms with Crippen LogP contribution in [0.25, 0.3) is 16.6 Å². The molecule has 0 bridgehead atoms. The Hall–Kier alpha value is -3.77. The van der Waals surface area contributed by atoms with Gasteiger partial charge in [0.1, 0.15) is 6.07 Å². The topological polar surface area (TPSA) is 106 Å². The molecule has 2 atom stereocenters. The van der Waals surface area contributed by atoms with Gasteiger partial charge in [-0.2, -0.15) is 10.4 Å². The molecule has 0 radical (unpaired) electrons. The number of rotatable bonds is 4. The van der Waals surface area contributed by atoms with Gasteiger partial charge in [-0.15, -0.1) is 0 Å². The van der Waals surface area contributed by atoms with Gasteiger partial charge in [0.15, 0.2) is 17.2 Å². The minimum Gasteiger partial charge on any atom is -0.493 e. The number of hydrogen-bond acceptors (Lipinski definition) is 7. The fraction of sp³-hybridized carbons (Fsp3) is 0.348. The summed E-state index contributed by atoms with van der Waals surface area (Å²) in [5.74, 6) is 1.26. The van der Waals surface area contributed by atoms with Crippen LogP contribution in [0.5, 0.6) is 5.75 Å². The monoisotopic (exact) mass is 430 g/mol.